The van der Waals surface area contributed by atoms with Gasteiger partial charge in [0.25, 0.3) is 0 Å². The zero-order valence-electron chi connectivity index (χ0n) is 13.5. The molecule has 5 unspecified atom stereocenters. The fraction of sp³-hybridized carbons (Fsp3) is 0.944. The van der Waals surface area contributed by atoms with Crippen LogP contribution >= 0.6 is 0 Å². The molecular weight excluding hydrogens is 264 g/mol. The van der Waals surface area contributed by atoms with E-state index in [1.807, 2.05) is 0 Å². The summed E-state index contributed by atoms with van der Waals surface area (Å²) in [6.07, 6.45) is 11.0. The van der Waals surface area contributed by atoms with Crippen molar-refractivity contribution in [1.82, 2.24) is 0 Å². The van der Waals surface area contributed by atoms with Gasteiger partial charge in [0.2, 0.25) is 0 Å². The summed E-state index contributed by atoms with van der Waals surface area (Å²) in [5, 5.41) is 20.2. The molecule has 0 bridgehead atoms. The number of carbonyl (C=O) groups excluding carboxylic acids is 1. The maximum Gasteiger partial charge on any atom is 0.136 e. The number of ketones is 1. The van der Waals surface area contributed by atoms with Crippen LogP contribution in [0.3, 0.4) is 0 Å². The highest BCUT2D eigenvalue weighted by molar-refractivity contribution is 5.88. The van der Waals surface area contributed by atoms with Gasteiger partial charge in [-0.25, -0.2) is 0 Å². The summed E-state index contributed by atoms with van der Waals surface area (Å²) >= 11 is 0. The molecule has 0 radical (unpaired) electrons. The Morgan fingerprint density at radius 1 is 1.14 bits per heavy atom. The average Bonchev–Trinajstić information content (AvgIpc) is 2.72. The summed E-state index contributed by atoms with van der Waals surface area (Å²) in [5.41, 5.74) is 0. The Bertz CT molecular complexity index is 328. The second-order valence-corrected chi connectivity index (χ2v) is 7.21. The summed E-state index contributed by atoms with van der Waals surface area (Å²) in [4.78, 5) is 11.4. The Hall–Kier alpha value is -0.410. The zero-order valence-corrected chi connectivity index (χ0v) is 13.5. The van der Waals surface area contributed by atoms with Crippen LogP contribution in [0, 0.1) is 17.8 Å². The molecule has 0 amide bonds. The van der Waals surface area contributed by atoms with E-state index in [0.717, 1.165) is 32.1 Å². The highest BCUT2D eigenvalue weighted by Crippen LogP contribution is 2.48. The van der Waals surface area contributed by atoms with Gasteiger partial charge in [0.1, 0.15) is 5.78 Å². The molecule has 2 aliphatic carbocycles. The normalized spacial score (nSPS) is 32.8. The van der Waals surface area contributed by atoms with Crippen molar-refractivity contribution in [3.05, 3.63) is 0 Å². The van der Waals surface area contributed by atoms with Gasteiger partial charge in [0, 0.05) is 18.3 Å². The van der Waals surface area contributed by atoms with Crippen molar-refractivity contribution in [3.63, 3.8) is 0 Å². The second kappa shape index (κ2) is 8.28. The summed E-state index contributed by atoms with van der Waals surface area (Å²) in [7, 11) is 0. The first-order valence-electron chi connectivity index (χ1n) is 9.02. The standard InChI is InChI=1S/C18H32O3/c1-2-3-4-5-6-7-8-14(19)10-9-13-11-15-16(18(13)21)12-17(15)20/h13-16,18-19,21H,2-12H2,1H3. The topological polar surface area (TPSA) is 57.5 Å². The van der Waals surface area contributed by atoms with Crippen molar-refractivity contribution in [3.8, 4) is 0 Å². The van der Waals surface area contributed by atoms with Crippen molar-refractivity contribution in [2.45, 2.75) is 89.8 Å². The number of hydrogen-bond acceptors (Lipinski definition) is 3. The minimum atomic E-state index is -0.297. The lowest BCUT2D eigenvalue weighted by Crippen LogP contribution is -2.38. The van der Waals surface area contributed by atoms with Crippen LogP contribution in [0.25, 0.3) is 0 Å². The molecule has 122 valence electrons. The molecule has 0 saturated heterocycles. The molecular formula is C18H32O3. The highest BCUT2D eigenvalue weighted by Gasteiger charge is 2.52. The van der Waals surface area contributed by atoms with Crippen LogP contribution in [-0.4, -0.2) is 28.2 Å². The summed E-state index contributed by atoms with van der Waals surface area (Å²) in [6.45, 7) is 2.22. The molecule has 3 heteroatoms. The molecule has 0 spiro atoms. The third-order valence-electron chi connectivity index (χ3n) is 5.61. The van der Waals surface area contributed by atoms with E-state index in [1.165, 1.54) is 32.1 Å². The van der Waals surface area contributed by atoms with Crippen molar-refractivity contribution in [2.75, 3.05) is 0 Å². The van der Waals surface area contributed by atoms with Crippen LogP contribution in [0.1, 0.15) is 77.6 Å². The molecule has 2 N–H and O–H groups in total. The van der Waals surface area contributed by atoms with Gasteiger partial charge in [-0.15, -0.1) is 0 Å². The van der Waals surface area contributed by atoms with Gasteiger partial charge in [-0.05, 0) is 31.6 Å². The molecule has 0 aromatic heterocycles. The molecule has 2 saturated carbocycles. The number of Topliss-reactive ketones (excluding diaryl/α,β-unsaturated/α-hetero) is 1. The monoisotopic (exact) mass is 296 g/mol. The fourth-order valence-electron chi connectivity index (χ4n) is 4.08. The van der Waals surface area contributed by atoms with E-state index in [2.05, 4.69) is 6.92 Å². The number of aliphatic hydroxyl groups is 2. The average molecular weight is 296 g/mol. The molecule has 0 heterocycles. The smallest absolute Gasteiger partial charge is 0.136 e. The number of fused-ring (bicyclic) bond motifs is 1. The lowest BCUT2D eigenvalue weighted by Gasteiger charge is -2.30. The van der Waals surface area contributed by atoms with E-state index < -0.39 is 0 Å². The van der Waals surface area contributed by atoms with Gasteiger partial charge < -0.3 is 10.2 Å². The third-order valence-corrected chi connectivity index (χ3v) is 5.61. The third kappa shape index (κ3) is 4.53. The van der Waals surface area contributed by atoms with Gasteiger partial charge in [0.15, 0.2) is 0 Å². The van der Waals surface area contributed by atoms with Crippen molar-refractivity contribution in [1.29, 1.82) is 0 Å². The van der Waals surface area contributed by atoms with Crippen molar-refractivity contribution in [2.24, 2.45) is 17.8 Å². The Morgan fingerprint density at radius 3 is 2.52 bits per heavy atom. The van der Waals surface area contributed by atoms with E-state index in [-0.39, 0.29) is 30.0 Å². The van der Waals surface area contributed by atoms with Gasteiger partial charge in [-0.2, -0.15) is 0 Å². The minimum absolute atomic E-state index is 0.140. The largest absolute Gasteiger partial charge is 0.393 e. The first kappa shape index (κ1) is 17.0. The first-order valence-corrected chi connectivity index (χ1v) is 9.02. The number of unbranched alkanes of at least 4 members (excludes halogenated alkanes) is 5. The maximum absolute atomic E-state index is 11.4. The maximum atomic E-state index is 11.4. The Kier molecular flexibility index (Phi) is 6.69. The van der Waals surface area contributed by atoms with Crippen molar-refractivity contribution >= 4 is 5.78 Å². The first-order chi connectivity index (χ1) is 10.1. The Morgan fingerprint density at radius 2 is 1.86 bits per heavy atom. The van der Waals surface area contributed by atoms with E-state index >= 15 is 0 Å². The van der Waals surface area contributed by atoms with Gasteiger partial charge in [0.05, 0.1) is 12.2 Å². The predicted octanol–water partition coefficient (Wildman–Crippen LogP) is 3.46. The number of aliphatic hydroxyl groups excluding tert-OH is 2. The lowest BCUT2D eigenvalue weighted by molar-refractivity contribution is -0.135. The summed E-state index contributed by atoms with van der Waals surface area (Å²) < 4.78 is 0. The van der Waals surface area contributed by atoms with Crippen LogP contribution in [0.15, 0.2) is 0 Å². The molecule has 5 atom stereocenters. The molecule has 2 fully saturated rings. The number of carbonyl (C=O) groups is 1. The number of hydrogen-bond donors (Lipinski definition) is 2. The second-order valence-electron chi connectivity index (χ2n) is 7.21. The van der Waals surface area contributed by atoms with Crippen LogP contribution in [0.2, 0.25) is 0 Å². The molecule has 0 aromatic carbocycles. The van der Waals surface area contributed by atoms with Gasteiger partial charge in [-0.3, -0.25) is 4.79 Å². The SMILES string of the molecule is CCCCCCCCC(O)CCC1CC2C(=O)CC2C1O. The molecule has 3 nitrogen and oxygen atoms in total. The van der Waals surface area contributed by atoms with Crippen LogP contribution < -0.4 is 0 Å². The lowest BCUT2D eigenvalue weighted by atomic mass is 9.74. The van der Waals surface area contributed by atoms with E-state index in [0.29, 0.717) is 12.2 Å². The van der Waals surface area contributed by atoms with Gasteiger partial charge in [-0.1, -0.05) is 45.4 Å². The molecule has 0 aliphatic heterocycles. The molecule has 2 aliphatic rings. The molecule has 2 rings (SSSR count). The highest BCUT2D eigenvalue weighted by atomic mass is 16.3. The van der Waals surface area contributed by atoms with Crippen LogP contribution in [0.5, 0.6) is 0 Å². The van der Waals surface area contributed by atoms with E-state index in [9.17, 15) is 15.0 Å². The van der Waals surface area contributed by atoms with Crippen molar-refractivity contribution < 1.29 is 15.0 Å². The van der Waals surface area contributed by atoms with Gasteiger partial charge >= 0.3 is 0 Å². The molecule has 0 aromatic rings. The summed E-state index contributed by atoms with van der Waals surface area (Å²) in [6, 6.07) is 0. The summed E-state index contributed by atoms with van der Waals surface area (Å²) in [5.74, 6) is 0.957. The van der Waals surface area contributed by atoms with E-state index in [4.69, 9.17) is 0 Å². The quantitative estimate of drug-likeness (QED) is 0.607. The zero-order chi connectivity index (χ0) is 15.2. The molecule has 21 heavy (non-hydrogen) atoms. The van der Waals surface area contributed by atoms with Crippen LogP contribution in [-0.2, 0) is 4.79 Å². The number of rotatable bonds is 10. The minimum Gasteiger partial charge on any atom is -0.393 e. The Balaban J connectivity index is 1.53. The predicted molar refractivity (Wildman–Crippen MR) is 84.0 cm³/mol. The van der Waals surface area contributed by atoms with Crippen LogP contribution in [0.4, 0.5) is 0 Å². The Labute approximate surface area is 129 Å². The fourth-order valence-corrected chi connectivity index (χ4v) is 4.08. The van der Waals surface area contributed by atoms with E-state index in [1.54, 1.807) is 0 Å².